The highest BCUT2D eigenvalue weighted by atomic mass is 16.3. The SMILES string of the molecule is Oc1ccccc1C=Nc1ccccn1. The van der Waals surface area contributed by atoms with Crippen LogP contribution in [0.15, 0.2) is 53.7 Å². The lowest BCUT2D eigenvalue weighted by Gasteiger charge is -1.96. The van der Waals surface area contributed by atoms with Crippen molar-refractivity contribution in [1.29, 1.82) is 0 Å². The van der Waals surface area contributed by atoms with Crippen molar-refractivity contribution in [3.63, 3.8) is 0 Å². The number of pyridine rings is 1. The molecule has 0 amide bonds. The largest absolute Gasteiger partial charge is 0.507 e. The standard InChI is InChI=1S/C12H10N2O/c15-11-6-2-1-5-10(11)9-14-12-7-3-4-8-13-12/h1-9,15H. The van der Waals surface area contributed by atoms with Gasteiger partial charge in [0, 0.05) is 18.0 Å². The van der Waals surface area contributed by atoms with Crippen LogP contribution < -0.4 is 0 Å². The molecule has 0 atom stereocenters. The summed E-state index contributed by atoms with van der Waals surface area (Å²) in [6, 6.07) is 12.5. The molecule has 0 bridgehead atoms. The molecule has 15 heavy (non-hydrogen) atoms. The van der Waals surface area contributed by atoms with Crippen LogP contribution >= 0.6 is 0 Å². The highest BCUT2D eigenvalue weighted by molar-refractivity contribution is 5.84. The molecule has 0 fully saturated rings. The molecule has 1 N–H and O–H groups in total. The molecule has 2 rings (SSSR count). The zero-order valence-electron chi connectivity index (χ0n) is 8.04. The Hall–Kier alpha value is -2.16. The van der Waals surface area contributed by atoms with Gasteiger partial charge in [-0.15, -0.1) is 0 Å². The van der Waals surface area contributed by atoms with Crippen LogP contribution in [0.2, 0.25) is 0 Å². The third-order valence-electron chi connectivity index (χ3n) is 1.92. The predicted molar refractivity (Wildman–Crippen MR) is 59.6 cm³/mol. The summed E-state index contributed by atoms with van der Waals surface area (Å²) in [7, 11) is 0. The van der Waals surface area contributed by atoms with Crippen LogP contribution in [0.1, 0.15) is 5.56 Å². The fourth-order valence-corrected chi connectivity index (χ4v) is 1.16. The lowest BCUT2D eigenvalue weighted by molar-refractivity contribution is 0.474. The highest BCUT2D eigenvalue weighted by Gasteiger charge is 1.94. The maximum atomic E-state index is 9.48. The van der Waals surface area contributed by atoms with Gasteiger partial charge >= 0.3 is 0 Å². The van der Waals surface area contributed by atoms with E-state index < -0.39 is 0 Å². The summed E-state index contributed by atoms with van der Waals surface area (Å²) in [5, 5.41) is 9.48. The highest BCUT2D eigenvalue weighted by Crippen LogP contribution is 2.14. The zero-order valence-corrected chi connectivity index (χ0v) is 8.04. The molecule has 0 unspecified atom stereocenters. The molecule has 1 heterocycles. The van der Waals surface area contributed by atoms with E-state index in [1.165, 1.54) is 0 Å². The number of aliphatic imine (C=N–C) groups is 1. The number of rotatable bonds is 2. The van der Waals surface area contributed by atoms with E-state index in [0.29, 0.717) is 11.4 Å². The number of phenols is 1. The van der Waals surface area contributed by atoms with Crippen LogP contribution in [-0.4, -0.2) is 16.3 Å². The Balaban J connectivity index is 2.23. The number of para-hydroxylation sites is 1. The molecule has 1 aromatic heterocycles. The van der Waals surface area contributed by atoms with E-state index >= 15 is 0 Å². The third kappa shape index (κ3) is 2.40. The van der Waals surface area contributed by atoms with Crippen LogP contribution in [0.25, 0.3) is 0 Å². The monoisotopic (exact) mass is 198 g/mol. The number of phenolic OH excluding ortho intramolecular Hbond substituents is 1. The van der Waals surface area contributed by atoms with Gasteiger partial charge in [-0.05, 0) is 24.3 Å². The number of aromatic nitrogens is 1. The van der Waals surface area contributed by atoms with E-state index in [0.717, 1.165) is 0 Å². The average molecular weight is 198 g/mol. The number of hydrogen-bond acceptors (Lipinski definition) is 3. The fraction of sp³-hybridized carbons (Fsp3) is 0. The minimum absolute atomic E-state index is 0.220. The molecule has 0 aliphatic heterocycles. The first-order valence-corrected chi connectivity index (χ1v) is 4.59. The molecule has 0 saturated heterocycles. The van der Waals surface area contributed by atoms with E-state index in [9.17, 15) is 5.11 Å². The molecule has 0 saturated carbocycles. The molecule has 0 aliphatic rings. The van der Waals surface area contributed by atoms with Gasteiger partial charge in [-0.3, -0.25) is 0 Å². The van der Waals surface area contributed by atoms with Gasteiger partial charge in [0.05, 0.1) is 0 Å². The van der Waals surface area contributed by atoms with Crippen LogP contribution in [-0.2, 0) is 0 Å². The Labute approximate surface area is 87.8 Å². The molecule has 3 heteroatoms. The molecule has 1 aromatic carbocycles. The van der Waals surface area contributed by atoms with E-state index in [1.54, 1.807) is 36.7 Å². The Bertz CT molecular complexity index is 466. The van der Waals surface area contributed by atoms with E-state index in [2.05, 4.69) is 9.98 Å². The van der Waals surface area contributed by atoms with Crippen molar-refractivity contribution in [2.45, 2.75) is 0 Å². The summed E-state index contributed by atoms with van der Waals surface area (Å²) in [6.45, 7) is 0. The van der Waals surface area contributed by atoms with Crippen LogP contribution in [0.5, 0.6) is 5.75 Å². The van der Waals surface area contributed by atoms with Gasteiger partial charge < -0.3 is 5.11 Å². The molecule has 74 valence electrons. The maximum absolute atomic E-state index is 9.48. The van der Waals surface area contributed by atoms with Crippen LogP contribution in [0, 0.1) is 0 Å². The van der Waals surface area contributed by atoms with Gasteiger partial charge in [0.2, 0.25) is 0 Å². The molecule has 0 spiro atoms. The lowest BCUT2D eigenvalue weighted by Crippen LogP contribution is -1.81. The normalized spacial score (nSPS) is 10.7. The fourth-order valence-electron chi connectivity index (χ4n) is 1.16. The number of hydrogen-bond donors (Lipinski definition) is 1. The number of nitrogens with zero attached hydrogens (tertiary/aromatic N) is 2. The Morgan fingerprint density at radius 1 is 1.07 bits per heavy atom. The Kier molecular flexibility index (Phi) is 2.74. The first-order chi connectivity index (χ1) is 7.36. The second-order valence-electron chi connectivity index (χ2n) is 3.00. The predicted octanol–water partition coefficient (Wildman–Crippen LogP) is 2.54. The zero-order chi connectivity index (χ0) is 10.5. The van der Waals surface area contributed by atoms with Crippen molar-refractivity contribution in [2.75, 3.05) is 0 Å². The van der Waals surface area contributed by atoms with Crippen LogP contribution in [0.3, 0.4) is 0 Å². The molecule has 0 radical (unpaired) electrons. The van der Waals surface area contributed by atoms with Gasteiger partial charge in [-0.1, -0.05) is 18.2 Å². The second kappa shape index (κ2) is 4.37. The quantitative estimate of drug-likeness (QED) is 0.753. The van der Waals surface area contributed by atoms with E-state index in [4.69, 9.17) is 0 Å². The van der Waals surface area contributed by atoms with Crippen molar-refractivity contribution < 1.29 is 5.11 Å². The molecular formula is C12H10N2O. The molecule has 2 aromatic rings. The van der Waals surface area contributed by atoms with Gasteiger partial charge in [0.25, 0.3) is 0 Å². The maximum Gasteiger partial charge on any atom is 0.151 e. The number of benzene rings is 1. The van der Waals surface area contributed by atoms with E-state index in [-0.39, 0.29) is 5.75 Å². The number of aromatic hydroxyl groups is 1. The average Bonchev–Trinajstić information content (AvgIpc) is 2.29. The summed E-state index contributed by atoms with van der Waals surface area (Å²) in [5.41, 5.74) is 0.683. The Morgan fingerprint density at radius 2 is 1.87 bits per heavy atom. The van der Waals surface area contributed by atoms with E-state index in [1.807, 2.05) is 18.2 Å². The molecule has 3 nitrogen and oxygen atoms in total. The van der Waals surface area contributed by atoms with Crippen molar-refractivity contribution in [3.8, 4) is 5.75 Å². The van der Waals surface area contributed by atoms with Gasteiger partial charge in [-0.2, -0.15) is 0 Å². The van der Waals surface area contributed by atoms with Crippen molar-refractivity contribution in [1.82, 2.24) is 4.98 Å². The van der Waals surface area contributed by atoms with Crippen molar-refractivity contribution >= 4 is 12.0 Å². The van der Waals surface area contributed by atoms with Gasteiger partial charge in [0.15, 0.2) is 5.82 Å². The first kappa shape index (κ1) is 9.40. The summed E-state index contributed by atoms with van der Waals surface area (Å²) >= 11 is 0. The smallest absolute Gasteiger partial charge is 0.151 e. The molecular weight excluding hydrogens is 188 g/mol. The van der Waals surface area contributed by atoms with Crippen LogP contribution in [0.4, 0.5) is 5.82 Å². The molecule has 0 aliphatic carbocycles. The minimum atomic E-state index is 0.220. The summed E-state index contributed by atoms with van der Waals surface area (Å²) in [4.78, 5) is 8.19. The lowest BCUT2D eigenvalue weighted by atomic mass is 10.2. The summed E-state index contributed by atoms with van der Waals surface area (Å²) in [5.74, 6) is 0.845. The topological polar surface area (TPSA) is 45.5 Å². The van der Waals surface area contributed by atoms with Gasteiger partial charge in [-0.25, -0.2) is 9.98 Å². The van der Waals surface area contributed by atoms with Gasteiger partial charge in [0.1, 0.15) is 5.75 Å². The van der Waals surface area contributed by atoms with Crippen molar-refractivity contribution in [3.05, 3.63) is 54.2 Å². The third-order valence-corrected chi connectivity index (χ3v) is 1.92. The van der Waals surface area contributed by atoms with Crippen molar-refractivity contribution in [2.24, 2.45) is 4.99 Å². The Morgan fingerprint density at radius 3 is 2.60 bits per heavy atom. The summed E-state index contributed by atoms with van der Waals surface area (Å²) in [6.07, 6.45) is 3.27. The first-order valence-electron chi connectivity index (χ1n) is 4.59. The second-order valence-corrected chi connectivity index (χ2v) is 3.00. The summed E-state index contributed by atoms with van der Waals surface area (Å²) < 4.78 is 0. The minimum Gasteiger partial charge on any atom is -0.507 e.